The van der Waals surface area contributed by atoms with Crippen molar-refractivity contribution in [3.05, 3.63) is 83.6 Å². The molecule has 0 spiro atoms. The second-order valence-electron chi connectivity index (χ2n) is 7.26. The largest absolute Gasteiger partial charge is 0.459 e. The number of nitrogens with one attached hydrogen (secondary N) is 2. The maximum absolute atomic E-state index is 13.9. The summed E-state index contributed by atoms with van der Waals surface area (Å²) in [5.74, 6) is -1.71. The molecule has 7 nitrogen and oxygen atoms in total. The number of fused-ring (bicyclic) bond motifs is 1. The monoisotopic (exact) mass is 421 g/mol. The fourth-order valence-corrected chi connectivity index (χ4v) is 3.63. The van der Waals surface area contributed by atoms with Crippen LogP contribution in [-0.2, 0) is 22.6 Å². The molecule has 1 aliphatic rings. The number of halogens is 1. The van der Waals surface area contributed by atoms with Gasteiger partial charge in [-0.05, 0) is 41.5 Å². The predicted molar refractivity (Wildman–Crippen MR) is 112 cm³/mol. The van der Waals surface area contributed by atoms with Crippen LogP contribution in [0, 0.1) is 5.82 Å². The van der Waals surface area contributed by atoms with Crippen molar-refractivity contribution in [2.45, 2.75) is 25.9 Å². The number of amides is 3. The lowest BCUT2D eigenvalue weighted by atomic mass is 9.93. The summed E-state index contributed by atoms with van der Waals surface area (Å²) in [5.41, 5.74) is 2.20. The van der Waals surface area contributed by atoms with E-state index in [0.29, 0.717) is 12.1 Å². The van der Waals surface area contributed by atoms with Gasteiger partial charge in [-0.3, -0.25) is 14.4 Å². The minimum atomic E-state index is -0.790. The van der Waals surface area contributed by atoms with Gasteiger partial charge < -0.3 is 20.0 Å². The van der Waals surface area contributed by atoms with Gasteiger partial charge in [0, 0.05) is 25.6 Å². The molecular formula is C23H20FN3O4. The predicted octanol–water partition coefficient (Wildman–Crippen LogP) is 3.58. The van der Waals surface area contributed by atoms with Crippen LogP contribution in [-0.4, -0.2) is 28.7 Å². The van der Waals surface area contributed by atoms with E-state index >= 15 is 0 Å². The zero-order chi connectivity index (χ0) is 22.0. The van der Waals surface area contributed by atoms with Crippen LogP contribution >= 0.6 is 0 Å². The van der Waals surface area contributed by atoms with Crippen LogP contribution in [0.25, 0.3) is 0 Å². The van der Waals surface area contributed by atoms with Crippen LogP contribution in [0.3, 0.4) is 0 Å². The Morgan fingerprint density at radius 1 is 1.03 bits per heavy atom. The summed E-state index contributed by atoms with van der Waals surface area (Å²) in [7, 11) is 0. The van der Waals surface area contributed by atoms with Crippen molar-refractivity contribution in [1.82, 2.24) is 4.90 Å². The molecule has 3 aromatic rings. The van der Waals surface area contributed by atoms with Crippen LogP contribution < -0.4 is 10.6 Å². The van der Waals surface area contributed by atoms with Gasteiger partial charge in [0.15, 0.2) is 5.76 Å². The Balaban J connectivity index is 1.61. The van der Waals surface area contributed by atoms with E-state index in [1.54, 1.807) is 12.1 Å². The number of hydrogen-bond donors (Lipinski definition) is 2. The first-order chi connectivity index (χ1) is 14.9. The Bertz CT molecular complexity index is 1140. The highest BCUT2D eigenvalue weighted by Crippen LogP contribution is 2.27. The summed E-state index contributed by atoms with van der Waals surface area (Å²) in [6, 6.07) is 13.9. The van der Waals surface area contributed by atoms with Crippen molar-refractivity contribution >= 4 is 29.1 Å². The van der Waals surface area contributed by atoms with Gasteiger partial charge in [0.05, 0.1) is 12.0 Å². The van der Waals surface area contributed by atoms with Crippen LogP contribution in [0.1, 0.15) is 28.6 Å². The first-order valence-corrected chi connectivity index (χ1v) is 9.71. The van der Waals surface area contributed by atoms with E-state index in [9.17, 15) is 18.8 Å². The van der Waals surface area contributed by atoms with Gasteiger partial charge in [0.2, 0.25) is 11.8 Å². The van der Waals surface area contributed by atoms with Gasteiger partial charge in [-0.25, -0.2) is 4.39 Å². The number of benzene rings is 2. The maximum atomic E-state index is 13.9. The normalized spacial score (nSPS) is 15.2. The molecule has 1 aliphatic heterocycles. The first kappa shape index (κ1) is 20.3. The summed E-state index contributed by atoms with van der Waals surface area (Å²) >= 11 is 0. The summed E-state index contributed by atoms with van der Waals surface area (Å²) in [5, 5.41) is 5.11. The van der Waals surface area contributed by atoms with Crippen LogP contribution in [0.4, 0.5) is 15.8 Å². The van der Waals surface area contributed by atoms with Crippen molar-refractivity contribution < 1.29 is 23.2 Å². The van der Waals surface area contributed by atoms with Crippen molar-refractivity contribution in [2.24, 2.45) is 0 Å². The highest BCUT2D eigenvalue weighted by Gasteiger charge is 2.36. The lowest BCUT2D eigenvalue weighted by molar-refractivity contribution is -0.121. The molecule has 0 aliphatic carbocycles. The van der Waals surface area contributed by atoms with E-state index in [1.807, 2.05) is 24.3 Å². The van der Waals surface area contributed by atoms with Gasteiger partial charge in [-0.15, -0.1) is 0 Å². The molecular weight excluding hydrogens is 401 g/mol. The second-order valence-corrected chi connectivity index (χ2v) is 7.26. The van der Waals surface area contributed by atoms with Gasteiger partial charge in [0.1, 0.15) is 11.9 Å². The molecule has 2 N–H and O–H groups in total. The fourth-order valence-electron chi connectivity index (χ4n) is 3.63. The highest BCUT2D eigenvalue weighted by atomic mass is 19.1. The van der Waals surface area contributed by atoms with Gasteiger partial charge >= 0.3 is 0 Å². The molecule has 1 atom stereocenters. The molecule has 0 saturated carbocycles. The van der Waals surface area contributed by atoms with Gasteiger partial charge in [-0.1, -0.05) is 24.3 Å². The molecule has 158 valence electrons. The number of furan rings is 1. The molecule has 0 fully saturated rings. The van der Waals surface area contributed by atoms with E-state index < -0.39 is 29.6 Å². The molecule has 31 heavy (non-hydrogen) atoms. The molecule has 4 rings (SSSR count). The molecule has 0 radical (unpaired) electrons. The lowest BCUT2D eigenvalue weighted by Crippen LogP contribution is -2.50. The highest BCUT2D eigenvalue weighted by molar-refractivity contribution is 6.01. The van der Waals surface area contributed by atoms with Crippen molar-refractivity contribution in [2.75, 3.05) is 10.6 Å². The molecule has 0 saturated heterocycles. The maximum Gasteiger partial charge on any atom is 0.290 e. The zero-order valence-electron chi connectivity index (χ0n) is 16.7. The minimum Gasteiger partial charge on any atom is -0.459 e. The van der Waals surface area contributed by atoms with Crippen LogP contribution in [0.15, 0.2) is 65.3 Å². The third-order valence-electron chi connectivity index (χ3n) is 5.09. The Morgan fingerprint density at radius 3 is 2.52 bits per heavy atom. The third-order valence-corrected chi connectivity index (χ3v) is 5.09. The SMILES string of the molecule is CC(=O)Nc1cc(NC(=O)C2Cc3ccccc3CN2C(=O)c2ccco2)ccc1F. The first-order valence-electron chi connectivity index (χ1n) is 9.71. The van der Waals surface area contributed by atoms with Gasteiger partial charge in [0.25, 0.3) is 5.91 Å². The average molecular weight is 421 g/mol. The molecule has 3 amide bonds. The smallest absolute Gasteiger partial charge is 0.290 e. The topological polar surface area (TPSA) is 91.7 Å². The Labute approximate surface area is 177 Å². The number of rotatable bonds is 4. The van der Waals surface area contributed by atoms with E-state index in [1.165, 1.54) is 30.2 Å². The number of anilines is 2. The van der Waals surface area contributed by atoms with Crippen LogP contribution in [0.5, 0.6) is 0 Å². The number of nitrogens with zero attached hydrogens (tertiary/aromatic N) is 1. The summed E-state index contributed by atoms with van der Waals surface area (Å²) in [4.78, 5) is 38.9. The van der Waals surface area contributed by atoms with E-state index in [-0.39, 0.29) is 18.0 Å². The lowest BCUT2D eigenvalue weighted by Gasteiger charge is -2.35. The molecule has 1 unspecified atom stereocenters. The van der Waals surface area contributed by atoms with Crippen molar-refractivity contribution in [3.63, 3.8) is 0 Å². The quantitative estimate of drug-likeness (QED) is 0.674. The Hall–Kier alpha value is -3.94. The molecule has 1 aromatic heterocycles. The van der Waals surface area contributed by atoms with Crippen LogP contribution in [0.2, 0.25) is 0 Å². The summed E-state index contributed by atoms with van der Waals surface area (Å²) in [6.07, 6.45) is 1.73. The van der Waals surface area contributed by atoms with Gasteiger partial charge in [-0.2, -0.15) is 0 Å². The summed E-state index contributed by atoms with van der Waals surface area (Å²) < 4.78 is 19.2. The Kier molecular flexibility index (Phi) is 5.53. The summed E-state index contributed by atoms with van der Waals surface area (Å²) in [6.45, 7) is 1.52. The van der Waals surface area contributed by atoms with E-state index in [4.69, 9.17) is 4.42 Å². The number of hydrogen-bond acceptors (Lipinski definition) is 4. The second kappa shape index (κ2) is 8.43. The average Bonchev–Trinajstić information content (AvgIpc) is 3.29. The third kappa shape index (κ3) is 4.32. The minimum absolute atomic E-state index is 0.0391. The molecule has 0 bridgehead atoms. The van der Waals surface area contributed by atoms with E-state index in [0.717, 1.165) is 17.2 Å². The number of carbonyl (C=O) groups is 3. The molecule has 2 aromatic carbocycles. The van der Waals surface area contributed by atoms with Crippen molar-refractivity contribution in [3.8, 4) is 0 Å². The standard InChI is InChI=1S/C23H20FN3O4/c1-14(28)25-19-12-17(8-9-18(19)24)26-22(29)20-11-15-5-2-3-6-16(15)13-27(20)23(30)21-7-4-10-31-21/h2-10,12,20H,11,13H2,1H3,(H,25,28)(H,26,29). The zero-order valence-corrected chi connectivity index (χ0v) is 16.7. The molecule has 2 heterocycles. The Morgan fingerprint density at radius 2 is 1.81 bits per heavy atom. The fraction of sp³-hybridized carbons (Fsp3) is 0.174. The van der Waals surface area contributed by atoms with E-state index in [2.05, 4.69) is 10.6 Å². The number of carbonyl (C=O) groups excluding carboxylic acids is 3. The molecule has 8 heteroatoms. The van der Waals surface area contributed by atoms with Crippen molar-refractivity contribution in [1.29, 1.82) is 0 Å².